The van der Waals surface area contributed by atoms with E-state index < -0.39 is 18.5 Å². The van der Waals surface area contributed by atoms with E-state index in [4.69, 9.17) is 11.6 Å². The lowest BCUT2D eigenvalue weighted by atomic mass is 10.1. The number of fused-ring (bicyclic) bond motifs is 1. The molecule has 0 amide bonds. The van der Waals surface area contributed by atoms with Gasteiger partial charge in [-0.2, -0.15) is 0 Å². The Kier molecular flexibility index (Phi) is 4.78. The van der Waals surface area contributed by atoms with Crippen LogP contribution in [0.1, 0.15) is 11.6 Å². The van der Waals surface area contributed by atoms with Crippen LogP contribution in [-0.2, 0) is 0 Å². The molecule has 0 aliphatic rings. The van der Waals surface area contributed by atoms with Gasteiger partial charge in [-0.15, -0.1) is 0 Å². The molecule has 0 fully saturated rings. The monoisotopic (exact) mass is 396 g/mol. The van der Waals surface area contributed by atoms with Crippen LogP contribution in [0, 0.1) is 5.82 Å². The summed E-state index contributed by atoms with van der Waals surface area (Å²) >= 11 is 9.63. The molecule has 1 heterocycles. The second-order valence-corrected chi connectivity index (χ2v) is 6.34. The molecule has 1 N–H and O–H groups in total. The lowest BCUT2D eigenvalue weighted by molar-refractivity contribution is 0.442. The molecule has 2 aromatic carbocycles. The number of hydrogen-bond acceptors (Lipinski definition) is 2. The van der Waals surface area contributed by atoms with Crippen LogP contribution in [0.15, 0.2) is 53.1 Å². The van der Waals surface area contributed by atoms with Gasteiger partial charge in [0.15, 0.2) is 0 Å². The largest absolute Gasteiger partial charge is 0.374 e. The quantitative estimate of drug-likeness (QED) is 0.592. The van der Waals surface area contributed by atoms with E-state index in [0.29, 0.717) is 16.2 Å². The van der Waals surface area contributed by atoms with Gasteiger partial charge in [0.25, 0.3) is 0 Å². The van der Waals surface area contributed by atoms with E-state index >= 15 is 0 Å². The highest BCUT2D eigenvalue weighted by Gasteiger charge is 2.18. The Morgan fingerprint density at radius 3 is 2.74 bits per heavy atom. The van der Waals surface area contributed by atoms with Crippen molar-refractivity contribution in [1.29, 1.82) is 0 Å². The summed E-state index contributed by atoms with van der Waals surface area (Å²) in [5.41, 5.74) is 1.50. The molecule has 1 atom stereocenters. The maximum absolute atomic E-state index is 13.9. The summed E-state index contributed by atoms with van der Waals surface area (Å²) < 4.78 is 28.3. The zero-order valence-electron chi connectivity index (χ0n) is 11.9. The fourth-order valence-corrected chi connectivity index (χ4v) is 2.98. The van der Waals surface area contributed by atoms with Crippen molar-refractivity contribution in [1.82, 2.24) is 4.98 Å². The zero-order valence-corrected chi connectivity index (χ0v) is 14.2. The molecular formula is C17H12BrClF2N2. The summed E-state index contributed by atoms with van der Waals surface area (Å²) in [5, 5.41) is 4.11. The SMILES string of the molecule is FCC(Nc1c(Cl)cnc2ccc(Br)cc12)c1ccccc1F. The molecule has 0 spiro atoms. The van der Waals surface area contributed by atoms with Crippen molar-refractivity contribution in [3.63, 3.8) is 0 Å². The van der Waals surface area contributed by atoms with E-state index in [1.165, 1.54) is 12.3 Å². The lowest BCUT2D eigenvalue weighted by Crippen LogP contribution is -2.15. The summed E-state index contributed by atoms with van der Waals surface area (Å²) in [4.78, 5) is 4.25. The van der Waals surface area contributed by atoms with Gasteiger partial charge < -0.3 is 5.32 Å². The van der Waals surface area contributed by atoms with Crippen LogP contribution in [-0.4, -0.2) is 11.7 Å². The number of nitrogens with zero attached hydrogens (tertiary/aromatic N) is 1. The molecule has 1 unspecified atom stereocenters. The zero-order chi connectivity index (χ0) is 16.4. The molecule has 0 saturated heterocycles. The minimum absolute atomic E-state index is 0.256. The molecule has 3 aromatic rings. The summed E-state index contributed by atoms with van der Waals surface area (Å²) in [6, 6.07) is 10.8. The number of aromatic nitrogens is 1. The van der Waals surface area contributed by atoms with Crippen molar-refractivity contribution in [2.45, 2.75) is 6.04 Å². The predicted molar refractivity (Wildman–Crippen MR) is 93.2 cm³/mol. The first-order valence-electron chi connectivity index (χ1n) is 6.91. The van der Waals surface area contributed by atoms with E-state index in [1.807, 2.05) is 18.2 Å². The van der Waals surface area contributed by atoms with Crippen LogP contribution < -0.4 is 5.32 Å². The van der Waals surface area contributed by atoms with Gasteiger partial charge in [-0.25, -0.2) is 8.78 Å². The molecule has 0 radical (unpaired) electrons. The van der Waals surface area contributed by atoms with Gasteiger partial charge in [0.2, 0.25) is 0 Å². The predicted octanol–water partition coefficient (Wildman–Crippen LogP) is 5.91. The second-order valence-electron chi connectivity index (χ2n) is 5.02. The normalized spacial score (nSPS) is 12.3. The molecule has 0 saturated carbocycles. The number of rotatable bonds is 4. The number of halogens is 4. The Hall–Kier alpha value is -1.72. The number of pyridine rings is 1. The molecule has 0 aliphatic carbocycles. The molecular weight excluding hydrogens is 386 g/mol. The van der Waals surface area contributed by atoms with E-state index in [9.17, 15) is 8.78 Å². The van der Waals surface area contributed by atoms with Crippen molar-refractivity contribution in [3.8, 4) is 0 Å². The fourth-order valence-electron chi connectivity index (χ4n) is 2.42. The van der Waals surface area contributed by atoms with Gasteiger partial charge in [-0.3, -0.25) is 4.98 Å². The van der Waals surface area contributed by atoms with Crippen LogP contribution in [0.25, 0.3) is 10.9 Å². The van der Waals surface area contributed by atoms with Crippen LogP contribution in [0.4, 0.5) is 14.5 Å². The van der Waals surface area contributed by atoms with Crippen LogP contribution in [0.3, 0.4) is 0 Å². The Morgan fingerprint density at radius 1 is 1.22 bits per heavy atom. The maximum atomic E-state index is 13.9. The van der Waals surface area contributed by atoms with E-state index in [-0.39, 0.29) is 5.56 Å². The number of alkyl halides is 1. The molecule has 0 aliphatic heterocycles. The minimum atomic E-state index is -0.835. The maximum Gasteiger partial charge on any atom is 0.128 e. The Morgan fingerprint density at radius 2 is 2.00 bits per heavy atom. The van der Waals surface area contributed by atoms with E-state index in [2.05, 4.69) is 26.2 Å². The summed E-state index contributed by atoms with van der Waals surface area (Å²) in [6.07, 6.45) is 1.50. The fraction of sp³-hybridized carbons (Fsp3) is 0.118. The summed E-state index contributed by atoms with van der Waals surface area (Å²) in [6.45, 7) is -0.769. The molecule has 23 heavy (non-hydrogen) atoms. The van der Waals surface area contributed by atoms with Crippen molar-refractivity contribution in [2.24, 2.45) is 0 Å². The van der Waals surface area contributed by atoms with Crippen molar-refractivity contribution in [2.75, 3.05) is 12.0 Å². The van der Waals surface area contributed by atoms with Gasteiger partial charge in [-0.05, 0) is 24.3 Å². The van der Waals surface area contributed by atoms with E-state index in [1.54, 1.807) is 18.2 Å². The minimum Gasteiger partial charge on any atom is -0.374 e. The van der Waals surface area contributed by atoms with Crippen molar-refractivity contribution < 1.29 is 8.78 Å². The third-order valence-electron chi connectivity index (χ3n) is 3.54. The smallest absolute Gasteiger partial charge is 0.128 e. The van der Waals surface area contributed by atoms with Gasteiger partial charge in [0, 0.05) is 21.6 Å². The van der Waals surface area contributed by atoms with Crippen LogP contribution >= 0.6 is 27.5 Å². The van der Waals surface area contributed by atoms with Gasteiger partial charge in [0.1, 0.15) is 12.5 Å². The Bertz CT molecular complexity index is 852. The van der Waals surface area contributed by atoms with Crippen molar-refractivity contribution >= 4 is 44.1 Å². The van der Waals surface area contributed by atoms with Gasteiger partial charge in [-0.1, -0.05) is 45.7 Å². The average molecular weight is 398 g/mol. The molecule has 6 heteroatoms. The molecule has 3 rings (SSSR count). The van der Waals surface area contributed by atoms with E-state index in [0.717, 1.165) is 9.86 Å². The van der Waals surface area contributed by atoms with Gasteiger partial charge >= 0.3 is 0 Å². The average Bonchev–Trinajstić information content (AvgIpc) is 2.55. The third kappa shape index (κ3) is 3.31. The number of hydrogen-bond donors (Lipinski definition) is 1. The third-order valence-corrected chi connectivity index (χ3v) is 4.32. The Balaban J connectivity index is 2.08. The summed E-state index contributed by atoms with van der Waals surface area (Å²) in [5.74, 6) is -0.460. The summed E-state index contributed by atoms with van der Waals surface area (Å²) in [7, 11) is 0. The highest BCUT2D eigenvalue weighted by Crippen LogP contribution is 2.34. The molecule has 2 nitrogen and oxygen atoms in total. The van der Waals surface area contributed by atoms with Crippen molar-refractivity contribution in [3.05, 3.63) is 69.5 Å². The first-order valence-corrected chi connectivity index (χ1v) is 8.08. The second kappa shape index (κ2) is 6.81. The first-order chi connectivity index (χ1) is 11.1. The highest BCUT2D eigenvalue weighted by molar-refractivity contribution is 9.10. The number of nitrogens with one attached hydrogen (secondary N) is 1. The number of anilines is 1. The topological polar surface area (TPSA) is 24.9 Å². The lowest BCUT2D eigenvalue weighted by Gasteiger charge is -2.20. The van der Waals surface area contributed by atoms with Crippen LogP contribution in [0.2, 0.25) is 5.02 Å². The van der Waals surface area contributed by atoms with Crippen LogP contribution in [0.5, 0.6) is 0 Å². The molecule has 118 valence electrons. The number of benzene rings is 2. The highest BCUT2D eigenvalue weighted by atomic mass is 79.9. The molecule has 0 bridgehead atoms. The Labute approximate surface area is 145 Å². The molecule has 1 aromatic heterocycles. The van der Waals surface area contributed by atoms with Gasteiger partial charge in [0.05, 0.1) is 22.3 Å². The first kappa shape index (κ1) is 16.1. The standard InChI is InChI=1S/C17H12BrClF2N2/c18-10-5-6-15-12(7-10)17(13(19)9-22-15)23-16(8-20)11-3-1-2-4-14(11)21/h1-7,9,16H,8H2,(H,22,23).